The molecule has 2 heterocycles. The van der Waals surface area contributed by atoms with E-state index in [-0.39, 0.29) is 12.6 Å². The lowest BCUT2D eigenvalue weighted by molar-refractivity contribution is -0.133. The van der Waals surface area contributed by atoms with Gasteiger partial charge in [0.2, 0.25) is 5.91 Å². The molecule has 134 valence electrons. The second kappa shape index (κ2) is 7.19. The molecule has 4 heteroatoms. The van der Waals surface area contributed by atoms with Crippen LogP contribution in [0.3, 0.4) is 0 Å². The molecular weight excluding hydrogens is 314 g/mol. The molecule has 2 aromatic rings. The lowest BCUT2D eigenvalue weighted by Gasteiger charge is -2.29. The Labute approximate surface area is 148 Å². The quantitative estimate of drug-likeness (QED) is 0.810. The molecule has 0 saturated carbocycles. The van der Waals surface area contributed by atoms with Crippen molar-refractivity contribution < 1.29 is 9.18 Å². The van der Waals surface area contributed by atoms with Crippen molar-refractivity contribution in [2.45, 2.75) is 57.4 Å². The Hall–Kier alpha value is -1.84. The summed E-state index contributed by atoms with van der Waals surface area (Å²) in [6.07, 6.45) is 7.59. The van der Waals surface area contributed by atoms with Crippen LogP contribution in [0.4, 0.5) is 4.39 Å². The molecule has 1 atom stereocenters. The molecule has 0 bridgehead atoms. The van der Waals surface area contributed by atoms with Crippen molar-refractivity contribution in [3.8, 4) is 0 Å². The topological polar surface area (TPSA) is 25.2 Å². The molecule has 2 aliphatic rings. The average molecular weight is 341 g/mol. The van der Waals surface area contributed by atoms with Gasteiger partial charge in [-0.3, -0.25) is 4.79 Å². The first-order valence-corrected chi connectivity index (χ1v) is 9.76. The van der Waals surface area contributed by atoms with Crippen molar-refractivity contribution in [2.24, 2.45) is 0 Å². The van der Waals surface area contributed by atoms with Crippen LogP contribution in [-0.4, -0.2) is 35.1 Å². The van der Waals surface area contributed by atoms with Gasteiger partial charge < -0.3 is 9.47 Å². The zero-order valence-corrected chi connectivity index (χ0v) is 14.8. The lowest BCUT2D eigenvalue weighted by atomic mass is 9.84. The summed E-state index contributed by atoms with van der Waals surface area (Å²) in [6, 6.07) is 8.21. The number of fused-ring (bicyclic) bond motifs is 3. The fourth-order valence-corrected chi connectivity index (χ4v) is 4.76. The van der Waals surface area contributed by atoms with Gasteiger partial charge in [-0.05, 0) is 43.7 Å². The molecular formula is C21H27FN2O. The highest BCUT2D eigenvalue weighted by Gasteiger charge is 2.34. The summed E-state index contributed by atoms with van der Waals surface area (Å²) in [5.74, 6) is 0.249. The van der Waals surface area contributed by atoms with E-state index in [9.17, 15) is 9.18 Å². The number of aryl methyl sites for hydroxylation is 1. The Balaban J connectivity index is 1.76. The Bertz CT molecular complexity index is 759. The molecule has 1 amide bonds. The number of rotatable bonds is 3. The highest BCUT2D eigenvalue weighted by Crippen LogP contribution is 2.40. The second-order valence-corrected chi connectivity index (χ2v) is 7.40. The summed E-state index contributed by atoms with van der Waals surface area (Å²) >= 11 is 0. The highest BCUT2D eigenvalue weighted by atomic mass is 18.2. The van der Waals surface area contributed by atoms with E-state index in [4.69, 9.17) is 0 Å². The summed E-state index contributed by atoms with van der Waals surface area (Å²) in [5.41, 5.74) is 3.46. The van der Waals surface area contributed by atoms with Crippen LogP contribution in [0.25, 0.3) is 10.9 Å². The minimum atomic E-state index is -0.365. The number of alkyl halides is 1. The molecule has 25 heavy (non-hydrogen) atoms. The van der Waals surface area contributed by atoms with Crippen LogP contribution >= 0.6 is 0 Å². The number of benzene rings is 1. The van der Waals surface area contributed by atoms with E-state index < -0.39 is 0 Å². The largest absolute Gasteiger partial charge is 0.342 e. The zero-order chi connectivity index (χ0) is 17.2. The Kier molecular flexibility index (Phi) is 4.78. The number of nitrogens with zero attached hydrogens (tertiary/aromatic N) is 2. The SMILES string of the molecule is O=C(C1CCCc2c1c1ccccc1n2CC[18F])N1CCCCCC1. The molecule has 3 nitrogen and oxygen atoms in total. The van der Waals surface area contributed by atoms with Crippen LogP contribution in [0.15, 0.2) is 24.3 Å². The minimum absolute atomic E-state index is 0.0485. The van der Waals surface area contributed by atoms with Gasteiger partial charge in [-0.25, -0.2) is 4.39 Å². The molecule has 1 unspecified atom stereocenters. The van der Waals surface area contributed by atoms with E-state index in [1.807, 2.05) is 12.1 Å². The summed E-state index contributed by atoms with van der Waals surface area (Å²) in [4.78, 5) is 15.4. The van der Waals surface area contributed by atoms with Gasteiger partial charge in [0.1, 0.15) is 6.67 Å². The van der Waals surface area contributed by atoms with Crippen LogP contribution in [-0.2, 0) is 17.8 Å². The summed E-state index contributed by atoms with van der Waals surface area (Å²) in [5, 5.41) is 1.15. The maximum absolute atomic E-state index is 13.3. The number of hydrogen-bond acceptors (Lipinski definition) is 1. The molecule has 1 aromatic carbocycles. The summed E-state index contributed by atoms with van der Waals surface area (Å²) < 4.78 is 15.3. The van der Waals surface area contributed by atoms with Crippen LogP contribution < -0.4 is 0 Å². The van der Waals surface area contributed by atoms with Gasteiger partial charge in [0.25, 0.3) is 0 Å². The minimum Gasteiger partial charge on any atom is -0.342 e. The summed E-state index contributed by atoms with van der Waals surface area (Å²) in [6.45, 7) is 1.82. The van der Waals surface area contributed by atoms with Crippen molar-refractivity contribution >= 4 is 16.8 Å². The number of halogens is 1. The zero-order valence-electron chi connectivity index (χ0n) is 14.8. The molecule has 4 rings (SSSR count). The number of para-hydroxylation sites is 1. The van der Waals surface area contributed by atoms with Crippen LogP contribution in [0.2, 0.25) is 0 Å². The normalized spacial score (nSPS) is 21.2. The van der Waals surface area contributed by atoms with Gasteiger partial charge in [0.05, 0.1) is 12.5 Å². The van der Waals surface area contributed by atoms with E-state index in [0.29, 0.717) is 12.5 Å². The maximum Gasteiger partial charge on any atom is 0.230 e. The van der Waals surface area contributed by atoms with Crippen molar-refractivity contribution in [3.05, 3.63) is 35.5 Å². The van der Waals surface area contributed by atoms with E-state index >= 15 is 0 Å². The summed E-state index contributed by atoms with van der Waals surface area (Å²) in [7, 11) is 0. The molecule has 1 aliphatic heterocycles. The van der Waals surface area contributed by atoms with Crippen molar-refractivity contribution in [1.82, 2.24) is 9.47 Å². The van der Waals surface area contributed by atoms with Gasteiger partial charge in [-0.2, -0.15) is 0 Å². The van der Waals surface area contributed by atoms with Gasteiger partial charge in [-0.1, -0.05) is 31.0 Å². The van der Waals surface area contributed by atoms with Gasteiger partial charge in [-0.15, -0.1) is 0 Å². The molecule has 0 spiro atoms. The predicted molar refractivity (Wildman–Crippen MR) is 98.6 cm³/mol. The number of aromatic nitrogens is 1. The maximum atomic E-state index is 13.3. The molecule has 0 radical (unpaired) electrons. The van der Waals surface area contributed by atoms with Crippen LogP contribution in [0.5, 0.6) is 0 Å². The fourth-order valence-electron chi connectivity index (χ4n) is 4.76. The van der Waals surface area contributed by atoms with E-state index in [1.54, 1.807) is 0 Å². The van der Waals surface area contributed by atoms with Gasteiger partial charge in [0, 0.05) is 29.7 Å². The number of carbonyl (C=O) groups is 1. The number of amides is 1. The van der Waals surface area contributed by atoms with Gasteiger partial charge >= 0.3 is 0 Å². The van der Waals surface area contributed by atoms with E-state index in [2.05, 4.69) is 21.6 Å². The second-order valence-electron chi connectivity index (χ2n) is 7.40. The van der Waals surface area contributed by atoms with Gasteiger partial charge in [0.15, 0.2) is 0 Å². The predicted octanol–water partition coefficient (Wildman–Crippen LogP) is 4.43. The van der Waals surface area contributed by atoms with E-state index in [1.165, 1.54) is 24.1 Å². The van der Waals surface area contributed by atoms with Crippen molar-refractivity contribution in [1.29, 1.82) is 0 Å². The van der Waals surface area contributed by atoms with Crippen molar-refractivity contribution in [2.75, 3.05) is 19.8 Å². The van der Waals surface area contributed by atoms with E-state index in [0.717, 1.165) is 56.1 Å². The molecule has 0 N–H and O–H groups in total. The first kappa shape index (κ1) is 16.6. The Morgan fingerprint density at radius 3 is 2.60 bits per heavy atom. The monoisotopic (exact) mass is 341 g/mol. The number of carbonyl (C=O) groups excluding carboxylic acids is 1. The molecule has 1 saturated heterocycles. The molecule has 1 aliphatic carbocycles. The van der Waals surface area contributed by atoms with Crippen LogP contribution in [0, 0.1) is 0 Å². The average Bonchev–Trinajstić information content (AvgIpc) is 2.81. The van der Waals surface area contributed by atoms with Crippen molar-refractivity contribution in [3.63, 3.8) is 0 Å². The third-order valence-corrected chi connectivity index (χ3v) is 5.90. The molecule has 1 aromatic heterocycles. The fraction of sp³-hybridized carbons (Fsp3) is 0.571. The highest BCUT2D eigenvalue weighted by molar-refractivity contribution is 5.94. The first-order valence-electron chi connectivity index (χ1n) is 9.76. The Morgan fingerprint density at radius 1 is 1.08 bits per heavy atom. The lowest BCUT2D eigenvalue weighted by Crippen LogP contribution is -2.37. The third kappa shape index (κ3) is 2.96. The smallest absolute Gasteiger partial charge is 0.230 e. The number of hydrogen-bond donors (Lipinski definition) is 0. The third-order valence-electron chi connectivity index (χ3n) is 5.90. The Morgan fingerprint density at radius 2 is 1.84 bits per heavy atom. The molecule has 1 fully saturated rings. The number of likely N-dealkylation sites (tertiary alicyclic amines) is 1. The standard InChI is InChI=1S/C21H27FN2O/c22-12-15-24-18-10-4-3-8-16(18)20-17(9-7-11-19(20)24)21(25)23-13-5-1-2-6-14-23/h3-4,8,10,17H,1-2,5-7,9,11-15H2/i22-1. The first-order chi connectivity index (χ1) is 12.3. The van der Waals surface area contributed by atoms with Crippen LogP contribution in [0.1, 0.15) is 55.7 Å².